The molecule has 0 saturated heterocycles. The summed E-state index contributed by atoms with van der Waals surface area (Å²) in [6.07, 6.45) is 3.41. The number of ether oxygens (including phenoxy) is 1. The number of aromatic nitrogens is 1. The minimum Gasteiger partial charge on any atom is -0.464 e. The van der Waals surface area contributed by atoms with Gasteiger partial charge in [0.2, 0.25) is 0 Å². The number of hydrogen-bond donors (Lipinski definition) is 0. The first-order valence-electron chi connectivity index (χ1n) is 6.69. The van der Waals surface area contributed by atoms with Gasteiger partial charge in [0, 0.05) is 17.6 Å². The van der Waals surface area contributed by atoms with Crippen LogP contribution in [0.25, 0.3) is 0 Å². The van der Waals surface area contributed by atoms with Crippen molar-refractivity contribution in [3.8, 4) is 0 Å². The van der Waals surface area contributed by atoms with Crippen LogP contribution in [0, 0.1) is 0 Å². The first kappa shape index (κ1) is 13.1. The van der Waals surface area contributed by atoms with E-state index in [1.807, 2.05) is 6.07 Å². The van der Waals surface area contributed by atoms with E-state index in [9.17, 15) is 4.79 Å². The predicted octanol–water partition coefficient (Wildman–Crippen LogP) is 3.40. The maximum atomic E-state index is 11.5. The number of benzene rings is 1. The molecule has 0 amide bonds. The molecular weight excluding hydrogens is 272 g/mol. The van der Waals surface area contributed by atoms with Crippen LogP contribution in [0.15, 0.2) is 29.6 Å². The Labute approximate surface area is 122 Å². The number of methoxy groups -OCH3 is 1. The van der Waals surface area contributed by atoms with Crippen molar-refractivity contribution in [1.82, 2.24) is 4.98 Å². The molecule has 1 aliphatic heterocycles. The van der Waals surface area contributed by atoms with Crippen LogP contribution in [0.2, 0.25) is 0 Å². The van der Waals surface area contributed by atoms with Gasteiger partial charge >= 0.3 is 5.97 Å². The smallest absolute Gasteiger partial charge is 0.357 e. The van der Waals surface area contributed by atoms with E-state index < -0.39 is 0 Å². The van der Waals surface area contributed by atoms with Crippen LogP contribution in [0.4, 0.5) is 10.8 Å². The summed E-state index contributed by atoms with van der Waals surface area (Å²) in [5.74, 6) is -0.379. The van der Waals surface area contributed by atoms with E-state index in [2.05, 4.69) is 28.1 Å². The molecule has 0 N–H and O–H groups in total. The van der Waals surface area contributed by atoms with Crippen molar-refractivity contribution in [2.45, 2.75) is 19.3 Å². The second-order valence-electron chi connectivity index (χ2n) is 4.74. The molecule has 1 aliphatic rings. The Morgan fingerprint density at radius 3 is 3.05 bits per heavy atom. The van der Waals surface area contributed by atoms with Gasteiger partial charge in [0.25, 0.3) is 0 Å². The number of hydrogen-bond acceptors (Lipinski definition) is 5. The normalized spacial score (nSPS) is 14.6. The van der Waals surface area contributed by atoms with Gasteiger partial charge in [0.05, 0.1) is 7.11 Å². The highest BCUT2D eigenvalue weighted by Gasteiger charge is 2.20. The van der Waals surface area contributed by atoms with Crippen molar-refractivity contribution < 1.29 is 9.53 Å². The quantitative estimate of drug-likeness (QED) is 0.794. The first-order chi connectivity index (χ1) is 9.79. The highest BCUT2D eigenvalue weighted by Crippen LogP contribution is 2.34. The number of anilines is 2. The number of aryl methyl sites for hydroxylation is 1. The van der Waals surface area contributed by atoms with Gasteiger partial charge in [-0.25, -0.2) is 9.78 Å². The number of fused-ring (bicyclic) bond motifs is 1. The molecule has 0 spiro atoms. The lowest BCUT2D eigenvalue weighted by Crippen LogP contribution is -2.18. The van der Waals surface area contributed by atoms with Crippen molar-refractivity contribution >= 4 is 28.1 Å². The predicted molar refractivity (Wildman–Crippen MR) is 79.8 cm³/mol. The highest BCUT2D eigenvalue weighted by atomic mass is 32.1. The molecule has 0 fully saturated rings. The molecule has 1 aromatic heterocycles. The van der Waals surface area contributed by atoms with E-state index >= 15 is 0 Å². The minimum atomic E-state index is -0.379. The molecular formula is C15H16N2O2S. The molecule has 0 radical (unpaired) electrons. The third-order valence-electron chi connectivity index (χ3n) is 3.48. The van der Waals surface area contributed by atoms with Gasteiger partial charge in [-0.1, -0.05) is 18.2 Å². The number of nitrogens with zero attached hydrogens (tertiary/aromatic N) is 2. The zero-order valence-electron chi connectivity index (χ0n) is 11.3. The Balaban J connectivity index is 1.97. The standard InChI is InChI=1S/C15H16N2O2S/c1-19-14(18)12-10-20-15(16-12)17-9-5-4-7-11-6-2-3-8-13(11)17/h2-3,6,8,10H,4-5,7,9H2,1H3. The van der Waals surface area contributed by atoms with Gasteiger partial charge in [0.1, 0.15) is 0 Å². The van der Waals surface area contributed by atoms with Gasteiger partial charge in [-0.15, -0.1) is 11.3 Å². The summed E-state index contributed by atoms with van der Waals surface area (Å²) in [7, 11) is 1.38. The van der Waals surface area contributed by atoms with Crippen LogP contribution in [0.1, 0.15) is 28.9 Å². The van der Waals surface area contributed by atoms with Crippen molar-refractivity contribution in [2.75, 3.05) is 18.6 Å². The topological polar surface area (TPSA) is 42.4 Å². The third-order valence-corrected chi connectivity index (χ3v) is 4.34. The SMILES string of the molecule is COC(=O)c1csc(N2CCCCc3ccccc32)n1. The minimum absolute atomic E-state index is 0.379. The fourth-order valence-corrected chi connectivity index (χ4v) is 3.31. The number of esters is 1. The fourth-order valence-electron chi connectivity index (χ4n) is 2.48. The number of para-hydroxylation sites is 1. The number of carbonyl (C=O) groups is 1. The van der Waals surface area contributed by atoms with Crippen molar-refractivity contribution in [1.29, 1.82) is 0 Å². The maximum absolute atomic E-state index is 11.5. The summed E-state index contributed by atoms with van der Waals surface area (Å²) in [4.78, 5) is 18.1. The lowest BCUT2D eigenvalue weighted by atomic mass is 10.1. The van der Waals surface area contributed by atoms with Crippen LogP contribution in [-0.2, 0) is 11.2 Å². The molecule has 2 aromatic rings. The van der Waals surface area contributed by atoms with Crippen molar-refractivity contribution in [3.63, 3.8) is 0 Å². The maximum Gasteiger partial charge on any atom is 0.357 e. The van der Waals surface area contributed by atoms with Gasteiger partial charge in [0.15, 0.2) is 10.8 Å². The van der Waals surface area contributed by atoms with Crippen LogP contribution in [-0.4, -0.2) is 24.6 Å². The molecule has 4 nitrogen and oxygen atoms in total. The van der Waals surface area contributed by atoms with Gasteiger partial charge in [-0.2, -0.15) is 0 Å². The Morgan fingerprint density at radius 2 is 2.20 bits per heavy atom. The summed E-state index contributed by atoms with van der Waals surface area (Å²) in [6.45, 7) is 0.936. The molecule has 20 heavy (non-hydrogen) atoms. The number of rotatable bonds is 2. The Bertz CT molecular complexity index is 624. The molecule has 104 valence electrons. The second-order valence-corrected chi connectivity index (χ2v) is 5.58. The van der Waals surface area contributed by atoms with Gasteiger partial charge in [-0.05, 0) is 30.9 Å². The van der Waals surface area contributed by atoms with E-state index in [-0.39, 0.29) is 5.97 Å². The molecule has 0 aliphatic carbocycles. The number of carbonyl (C=O) groups excluding carboxylic acids is 1. The Hall–Kier alpha value is -1.88. The van der Waals surface area contributed by atoms with E-state index in [0.29, 0.717) is 5.69 Å². The Morgan fingerprint density at radius 1 is 1.35 bits per heavy atom. The summed E-state index contributed by atoms with van der Waals surface area (Å²) in [5, 5.41) is 2.62. The zero-order chi connectivity index (χ0) is 13.9. The van der Waals surface area contributed by atoms with Crippen molar-refractivity contribution in [3.05, 3.63) is 40.9 Å². The second kappa shape index (κ2) is 5.63. The van der Waals surface area contributed by atoms with Gasteiger partial charge in [-0.3, -0.25) is 0 Å². The molecule has 1 aromatic carbocycles. The summed E-state index contributed by atoms with van der Waals surface area (Å²) in [5.41, 5.74) is 2.94. The van der Waals surface area contributed by atoms with E-state index in [1.165, 1.54) is 36.1 Å². The molecule has 0 saturated carbocycles. The summed E-state index contributed by atoms with van der Waals surface area (Å²) >= 11 is 1.49. The third kappa shape index (κ3) is 2.41. The fraction of sp³-hybridized carbons (Fsp3) is 0.333. The molecule has 0 atom stereocenters. The average molecular weight is 288 g/mol. The van der Waals surface area contributed by atoms with Crippen LogP contribution < -0.4 is 4.90 Å². The Kier molecular flexibility index (Phi) is 3.69. The number of thiazole rings is 1. The molecule has 0 bridgehead atoms. The molecule has 0 unspecified atom stereocenters. The van der Waals surface area contributed by atoms with Crippen LogP contribution in [0.3, 0.4) is 0 Å². The van der Waals surface area contributed by atoms with E-state index in [1.54, 1.807) is 5.38 Å². The van der Waals surface area contributed by atoms with Crippen LogP contribution in [0.5, 0.6) is 0 Å². The lowest BCUT2D eigenvalue weighted by Gasteiger charge is -2.21. The molecule has 5 heteroatoms. The summed E-state index contributed by atoms with van der Waals surface area (Å²) < 4.78 is 4.72. The first-order valence-corrected chi connectivity index (χ1v) is 7.57. The highest BCUT2D eigenvalue weighted by molar-refractivity contribution is 7.14. The van der Waals surface area contributed by atoms with E-state index in [4.69, 9.17) is 4.74 Å². The monoisotopic (exact) mass is 288 g/mol. The average Bonchev–Trinajstić information content (AvgIpc) is 2.87. The van der Waals surface area contributed by atoms with Crippen molar-refractivity contribution in [2.24, 2.45) is 0 Å². The molecule has 2 heterocycles. The lowest BCUT2D eigenvalue weighted by molar-refractivity contribution is 0.0595. The largest absolute Gasteiger partial charge is 0.464 e. The summed E-state index contributed by atoms with van der Waals surface area (Å²) in [6, 6.07) is 8.42. The van der Waals surface area contributed by atoms with Gasteiger partial charge < -0.3 is 9.64 Å². The van der Waals surface area contributed by atoms with E-state index in [0.717, 1.165) is 24.5 Å². The van der Waals surface area contributed by atoms with Crippen LogP contribution >= 0.6 is 11.3 Å². The zero-order valence-corrected chi connectivity index (χ0v) is 12.2. The molecule has 3 rings (SSSR count).